The van der Waals surface area contributed by atoms with E-state index >= 15 is 0 Å². The van der Waals surface area contributed by atoms with Crippen LogP contribution in [0, 0.1) is 13.8 Å². The van der Waals surface area contributed by atoms with E-state index in [0.717, 1.165) is 59.6 Å². The first-order valence-electron chi connectivity index (χ1n) is 11.3. The molecule has 0 spiro atoms. The lowest BCUT2D eigenvalue weighted by molar-refractivity contribution is 0.261. The fourth-order valence-electron chi connectivity index (χ4n) is 3.89. The Bertz CT molecular complexity index is 1130. The average molecular weight is 576 g/mol. The van der Waals surface area contributed by atoms with Gasteiger partial charge in [-0.2, -0.15) is 0 Å². The lowest BCUT2D eigenvalue weighted by Gasteiger charge is -2.28. The number of aromatic nitrogens is 3. The number of ether oxygens (including phenoxy) is 2. The molecule has 0 amide bonds. The van der Waals surface area contributed by atoms with Crippen molar-refractivity contribution in [2.24, 2.45) is 12.0 Å². The van der Waals surface area contributed by atoms with Crippen LogP contribution in [0.25, 0.3) is 0 Å². The van der Waals surface area contributed by atoms with E-state index in [1.165, 1.54) is 5.56 Å². The molecule has 34 heavy (non-hydrogen) atoms. The minimum atomic E-state index is 0. The lowest BCUT2D eigenvalue weighted by Crippen LogP contribution is -2.42. The monoisotopic (exact) mass is 576 g/mol. The Balaban J connectivity index is 0.00000324. The highest BCUT2D eigenvalue weighted by atomic mass is 127. The number of halogens is 1. The number of benzene rings is 2. The van der Waals surface area contributed by atoms with E-state index in [0.29, 0.717) is 13.2 Å². The Labute approximate surface area is 218 Å². The molecular formula is C25H33IN6O2. The second-order valence-electron chi connectivity index (χ2n) is 8.24. The molecule has 1 unspecified atom stereocenters. The topological polar surface area (TPSA) is 85.6 Å². The first-order valence-corrected chi connectivity index (χ1v) is 11.3. The van der Waals surface area contributed by atoms with Crippen LogP contribution in [0.2, 0.25) is 0 Å². The molecule has 0 fully saturated rings. The molecule has 8 nitrogen and oxygen atoms in total. The third-order valence-corrected chi connectivity index (χ3v) is 6.01. The van der Waals surface area contributed by atoms with Crippen LogP contribution in [0.15, 0.2) is 47.5 Å². The molecular weight excluding hydrogens is 543 g/mol. The summed E-state index contributed by atoms with van der Waals surface area (Å²) >= 11 is 0. The van der Waals surface area contributed by atoms with Gasteiger partial charge in [-0.3, -0.25) is 0 Å². The second-order valence-corrected chi connectivity index (χ2v) is 8.24. The van der Waals surface area contributed by atoms with Crippen LogP contribution in [-0.4, -0.2) is 41.0 Å². The van der Waals surface area contributed by atoms with Crippen LogP contribution in [0.5, 0.6) is 11.5 Å². The zero-order valence-corrected chi connectivity index (χ0v) is 22.5. The number of hydrogen-bond acceptors (Lipinski definition) is 5. The SMILES string of the molecule is COc1cc(CCNC(=NCc2nnc(C)n2C)NC2CCOc3ccccc32)ccc1C.I. The molecule has 1 aromatic heterocycles. The summed E-state index contributed by atoms with van der Waals surface area (Å²) in [4.78, 5) is 4.82. The molecule has 2 N–H and O–H groups in total. The number of aliphatic imine (C=N–C) groups is 1. The summed E-state index contributed by atoms with van der Waals surface area (Å²) in [5.41, 5.74) is 3.50. The van der Waals surface area contributed by atoms with Gasteiger partial charge in [0.05, 0.1) is 19.8 Å². The van der Waals surface area contributed by atoms with Crippen LogP contribution in [0.1, 0.15) is 40.8 Å². The van der Waals surface area contributed by atoms with Gasteiger partial charge in [-0.15, -0.1) is 34.2 Å². The van der Waals surface area contributed by atoms with Gasteiger partial charge in [0, 0.05) is 25.6 Å². The normalized spacial score (nSPS) is 15.1. The smallest absolute Gasteiger partial charge is 0.192 e. The van der Waals surface area contributed by atoms with Crippen LogP contribution < -0.4 is 20.1 Å². The maximum absolute atomic E-state index is 5.82. The van der Waals surface area contributed by atoms with Crippen molar-refractivity contribution in [1.29, 1.82) is 0 Å². The summed E-state index contributed by atoms with van der Waals surface area (Å²) in [5.74, 6) is 4.28. The van der Waals surface area contributed by atoms with Crippen LogP contribution in [0.4, 0.5) is 0 Å². The molecule has 4 rings (SSSR count). The minimum absolute atomic E-state index is 0. The molecule has 182 valence electrons. The zero-order valence-electron chi connectivity index (χ0n) is 20.2. The summed E-state index contributed by atoms with van der Waals surface area (Å²) < 4.78 is 13.2. The molecule has 1 aliphatic heterocycles. The number of para-hydroxylation sites is 1. The van der Waals surface area contributed by atoms with Gasteiger partial charge in [0.2, 0.25) is 0 Å². The van der Waals surface area contributed by atoms with Crippen LogP contribution in [0.3, 0.4) is 0 Å². The number of nitrogens with one attached hydrogen (secondary N) is 2. The molecule has 2 heterocycles. The summed E-state index contributed by atoms with van der Waals surface area (Å²) in [6.45, 7) is 5.84. The van der Waals surface area contributed by atoms with E-state index in [2.05, 4.69) is 52.0 Å². The van der Waals surface area contributed by atoms with Crippen molar-refractivity contribution in [2.45, 2.75) is 39.3 Å². The maximum Gasteiger partial charge on any atom is 0.192 e. The van der Waals surface area contributed by atoms with E-state index in [9.17, 15) is 0 Å². The molecule has 2 aromatic carbocycles. The standard InChI is InChI=1S/C25H32N6O2.HI/c1-17-9-10-19(15-23(17)32-4)11-13-26-25(27-16-24-30-29-18(2)31(24)3)28-21-12-14-33-22-8-6-5-7-20(21)22;/h5-10,15,21H,11-14,16H2,1-4H3,(H2,26,27,28);1H. The molecule has 0 aliphatic carbocycles. The second kappa shape index (κ2) is 12.0. The Kier molecular flexibility index (Phi) is 9.14. The first-order chi connectivity index (χ1) is 16.0. The van der Waals surface area contributed by atoms with Crippen molar-refractivity contribution in [2.75, 3.05) is 20.3 Å². The Morgan fingerprint density at radius 2 is 2.03 bits per heavy atom. The van der Waals surface area contributed by atoms with Crippen molar-refractivity contribution in [3.63, 3.8) is 0 Å². The van der Waals surface area contributed by atoms with Crippen molar-refractivity contribution in [3.8, 4) is 11.5 Å². The Morgan fingerprint density at radius 1 is 1.21 bits per heavy atom. The average Bonchev–Trinajstić information content (AvgIpc) is 3.16. The van der Waals surface area contributed by atoms with E-state index in [4.69, 9.17) is 14.5 Å². The third kappa shape index (κ3) is 6.19. The molecule has 1 atom stereocenters. The quantitative estimate of drug-likeness (QED) is 0.253. The highest BCUT2D eigenvalue weighted by molar-refractivity contribution is 14.0. The molecule has 0 saturated heterocycles. The number of hydrogen-bond donors (Lipinski definition) is 2. The van der Waals surface area contributed by atoms with Crippen molar-refractivity contribution >= 4 is 29.9 Å². The first kappa shape index (κ1) is 25.8. The predicted octanol–water partition coefficient (Wildman–Crippen LogP) is 3.86. The maximum atomic E-state index is 5.82. The molecule has 3 aromatic rings. The Morgan fingerprint density at radius 3 is 2.79 bits per heavy atom. The van der Waals surface area contributed by atoms with E-state index in [-0.39, 0.29) is 30.0 Å². The fourth-order valence-corrected chi connectivity index (χ4v) is 3.89. The number of nitrogens with zero attached hydrogens (tertiary/aromatic N) is 4. The van der Waals surface area contributed by atoms with Gasteiger partial charge in [0.25, 0.3) is 0 Å². The zero-order chi connectivity index (χ0) is 23.2. The molecule has 0 bridgehead atoms. The highest BCUT2D eigenvalue weighted by Gasteiger charge is 2.22. The van der Waals surface area contributed by atoms with Crippen molar-refractivity contribution in [3.05, 3.63) is 70.8 Å². The van der Waals surface area contributed by atoms with Gasteiger partial charge < -0.3 is 24.7 Å². The number of rotatable bonds is 7. The molecule has 0 radical (unpaired) electrons. The molecule has 1 aliphatic rings. The largest absolute Gasteiger partial charge is 0.496 e. The lowest BCUT2D eigenvalue weighted by atomic mass is 10.0. The van der Waals surface area contributed by atoms with Gasteiger partial charge >= 0.3 is 0 Å². The minimum Gasteiger partial charge on any atom is -0.496 e. The third-order valence-electron chi connectivity index (χ3n) is 6.01. The summed E-state index contributed by atoms with van der Waals surface area (Å²) in [7, 11) is 3.67. The highest BCUT2D eigenvalue weighted by Crippen LogP contribution is 2.31. The van der Waals surface area contributed by atoms with Gasteiger partial charge in [-0.25, -0.2) is 4.99 Å². The predicted molar refractivity (Wildman–Crippen MR) is 144 cm³/mol. The molecule has 0 saturated carbocycles. The Hall–Kier alpha value is -2.82. The summed E-state index contributed by atoms with van der Waals surface area (Å²) in [6.07, 6.45) is 1.72. The summed E-state index contributed by atoms with van der Waals surface area (Å²) in [6, 6.07) is 14.6. The van der Waals surface area contributed by atoms with Gasteiger partial charge in [0.15, 0.2) is 11.8 Å². The van der Waals surface area contributed by atoms with Gasteiger partial charge in [-0.05, 0) is 43.5 Å². The number of methoxy groups -OCH3 is 1. The van der Waals surface area contributed by atoms with Gasteiger partial charge in [-0.1, -0.05) is 30.3 Å². The fraction of sp³-hybridized carbons (Fsp3) is 0.400. The number of fused-ring (bicyclic) bond motifs is 1. The van der Waals surface area contributed by atoms with E-state index < -0.39 is 0 Å². The van der Waals surface area contributed by atoms with E-state index in [1.54, 1.807) is 7.11 Å². The van der Waals surface area contributed by atoms with Crippen molar-refractivity contribution in [1.82, 2.24) is 25.4 Å². The number of guanidine groups is 1. The van der Waals surface area contributed by atoms with Crippen molar-refractivity contribution < 1.29 is 9.47 Å². The van der Waals surface area contributed by atoms with Crippen LogP contribution in [-0.2, 0) is 20.0 Å². The van der Waals surface area contributed by atoms with E-state index in [1.807, 2.05) is 36.7 Å². The molecule has 9 heteroatoms. The van der Waals surface area contributed by atoms with Crippen LogP contribution >= 0.6 is 24.0 Å². The number of aryl methyl sites for hydroxylation is 2. The van der Waals surface area contributed by atoms with Gasteiger partial charge in [0.1, 0.15) is 23.9 Å². The summed E-state index contributed by atoms with van der Waals surface area (Å²) in [5, 5.41) is 15.5.